The molecule has 10 heteroatoms. The molecule has 35 heavy (non-hydrogen) atoms. The Labute approximate surface area is 200 Å². The molecule has 0 bridgehead atoms. The quantitative estimate of drug-likeness (QED) is 0.421. The lowest BCUT2D eigenvalue weighted by molar-refractivity contribution is -0.0502. The monoisotopic (exact) mass is 487 g/mol. The standard InChI is InChI=1S/C25H27F2N3O5/c1-33-20-9-16(10-21(35-24(26)27)23(20)19(31)8-15-2-3-15)18-12-29-22-11-17(4-7-30(18)22)34-14-25(32)5-6-28-13-25/h4,7,9-12,15,24,28,32H,2-3,5-6,8,13-14H2,1H3. The number of fused-ring (bicyclic) bond motifs is 1. The third-order valence-corrected chi connectivity index (χ3v) is 6.46. The molecule has 2 N–H and O–H groups in total. The van der Waals surface area contributed by atoms with Gasteiger partial charge in [-0.3, -0.25) is 9.20 Å². The first kappa shape index (κ1) is 23.5. The van der Waals surface area contributed by atoms with E-state index in [1.807, 2.05) is 0 Å². The van der Waals surface area contributed by atoms with Gasteiger partial charge in [0.25, 0.3) is 0 Å². The van der Waals surface area contributed by atoms with Crippen LogP contribution < -0.4 is 19.5 Å². The van der Waals surface area contributed by atoms with Gasteiger partial charge in [0.1, 0.15) is 40.7 Å². The molecule has 0 amide bonds. The molecule has 1 saturated heterocycles. The summed E-state index contributed by atoms with van der Waals surface area (Å²) in [5.41, 5.74) is 0.811. The van der Waals surface area contributed by atoms with Crippen LogP contribution >= 0.6 is 0 Å². The predicted octanol–water partition coefficient (Wildman–Crippen LogP) is 3.70. The average molecular weight is 488 g/mol. The molecule has 2 aliphatic rings. The van der Waals surface area contributed by atoms with Crippen LogP contribution in [0.5, 0.6) is 17.2 Å². The number of aromatic nitrogens is 2. The number of nitrogens with one attached hydrogen (secondary N) is 1. The molecule has 186 valence electrons. The molecule has 3 aromatic rings. The van der Waals surface area contributed by atoms with Crippen LogP contribution in [-0.2, 0) is 0 Å². The first-order chi connectivity index (χ1) is 16.8. The van der Waals surface area contributed by atoms with Crippen molar-refractivity contribution in [3.05, 3.63) is 42.2 Å². The van der Waals surface area contributed by atoms with E-state index in [1.165, 1.54) is 13.2 Å². The molecule has 1 atom stereocenters. The van der Waals surface area contributed by atoms with Crippen LogP contribution in [0, 0.1) is 5.92 Å². The lowest BCUT2D eigenvalue weighted by Gasteiger charge is -2.21. The lowest BCUT2D eigenvalue weighted by Crippen LogP contribution is -2.38. The number of hydrogen-bond acceptors (Lipinski definition) is 7. The Balaban J connectivity index is 1.46. The molecule has 1 aliphatic carbocycles. The second-order valence-electron chi connectivity index (χ2n) is 9.17. The van der Waals surface area contributed by atoms with Crippen molar-refractivity contribution in [2.75, 3.05) is 26.8 Å². The number of benzene rings is 1. The van der Waals surface area contributed by atoms with Gasteiger partial charge in [-0.2, -0.15) is 8.78 Å². The van der Waals surface area contributed by atoms with Gasteiger partial charge in [0, 0.05) is 30.8 Å². The van der Waals surface area contributed by atoms with Crippen molar-refractivity contribution in [1.82, 2.24) is 14.7 Å². The van der Waals surface area contributed by atoms with Crippen LogP contribution in [0.2, 0.25) is 0 Å². The van der Waals surface area contributed by atoms with Crippen molar-refractivity contribution >= 4 is 11.4 Å². The van der Waals surface area contributed by atoms with E-state index in [4.69, 9.17) is 14.2 Å². The Morgan fingerprint density at radius 3 is 2.80 bits per heavy atom. The number of imidazole rings is 1. The SMILES string of the molecule is COc1cc(-c2cnc3cc(OCC4(O)CCNC4)ccn23)cc(OC(F)F)c1C(=O)CC1CC1. The predicted molar refractivity (Wildman–Crippen MR) is 123 cm³/mol. The third kappa shape index (κ3) is 5.08. The average Bonchev–Trinajstić information content (AvgIpc) is 3.37. The Morgan fingerprint density at radius 2 is 2.11 bits per heavy atom. The zero-order valence-corrected chi connectivity index (χ0v) is 19.3. The van der Waals surface area contributed by atoms with E-state index in [0.717, 1.165) is 19.4 Å². The molecule has 1 aliphatic heterocycles. The minimum absolute atomic E-state index is 0.0345. The van der Waals surface area contributed by atoms with E-state index < -0.39 is 12.2 Å². The normalized spacial score (nSPS) is 19.9. The zero-order valence-electron chi connectivity index (χ0n) is 19.3. The van der Waals surface area contributed by atoms with Gasteiger partial charge in [-0.1, -0.05) is 0 Å². The highest BCUT2D eigenvalue weighted by Crippen LogP contribution is 2.40. The fraction of sp³-hybridized carbons (Fsp3) is 0.440. The topological polar surface area (TPSA) is 94.3 Å². The fourth-order valence-corrected chi connectivity index (χ4v) is 4.39. The lowest BCUT2D eigenvalue weighted by atomic mass is 10.00. The van der Waals surface area contributed by atoms with Crippen LogP contribution in [0.25, 0.3) is 16.9 Å². The van der Waals surface area contributed by atoms with Crippen LogP contribution in [0.3, 0.4) is 0 Å². The van der Waals surface area contributed by atoms with Gasteiger partial charge in [0.05, 0.1) is 19.0 Å². The molecular formula is C25H27F2N3O5. The number of hydrogen-bond donors (Lipinski definition) is 2. The number of carbonyl (C=O) groups is 1. The molecule has 0 radical (unpaired) electrons. The van der Waals surface area contributed by atoms with E-state index in [-0.39, 0.29) is 41.8 Å². The van der Waals surface area contributed by atoms with Gasteiger partial charge in [-0.15, -0.1) is 0 Å². The second kappa shape index (κ2) is 9.43. The maximum absolute atomic E-state index is 13.2. The number of rotatable bonds is 10. The summed E-state index contributed by atoms with van der Waals surface area (Å²) in [6.07, 6.45) is 6.16. The number of alkyl halides is 2. The number of nitrogens with zero attached hydrogens (tertiary/aromatic N) is 2. The number of carbonyl (C=O) groups excluding carboxylic acids is 1. The van der Waals surface area contributed by atoms with Crippen LogP contribution in [0.4, 0.5) is 8.78 Å². The Hall–Kier alpha value is -3.24. The first-order valence-electron chi connectivity index (χ1n) is 11.6. The maximum Gasteiger partial charge on any atom is 0.387 e. The molecule has 5 rings (SSSR count). The molecule has 2 aromatic heterocycles. The number of Topliss-reactive ketones (excluding diaryl/α,β-unsaturated/α-hetero) is 1. The van der Waals surface area contributed by atoms with E-state index in [9.17, 15) is 18.7 Å². The van der Waals surface area contributed by atoms with Crippen molar-refractivity contribution in [3.63, 3.8) is 0 Å². The smallest absolute Gasteiger partial charge is 0.387 e. The Bertz CT molecular complexity index is 1240. The highest BCUT2D eigenvalue weighted by Gasteiger charge is 2.32. The summed E-state index contributed by atoms with van der Waals surface area (Å²) >= 11 is 0. The largest absolute Gasteiger partial charge is 0.496 e. The van der Waals surface area contributed by atoms with Crippen molar-refractivity contribution < 1.29 is 32.9 Å². The van der Waals surface area contributed by atoms with Crippen LogP contribution in [0.15, 0.2) is 36.7 Å². The number of methoxy groups -OCH3 is 1. The summed E-state index contributed by atoms with van der Waals surface area (Å²) in [6.45, 7) is -1.71. The zero-order chi connectivity index (χ0) is 24.6. The Kier molecular flexibility index (Phi) is 6.33. The molecule has 1 saturated carbocycles. The van der Waals surface area contributed by atoms with Gasteiger partial charge in [0.15, 0.2) is 5.78 Å². The van der Waals surface area contributed by atoms with Crippen molar-refractivity contribution in [2.45, 2.75) is 37.9 Å². The van der Waals surface area contributed by atoms with Gasteiger partial charge in [0.2, 0.25) is 0 Å². The van der Waals surface area contributed by atoms with Crippen molar-refractivity contribution in [3.8, 4) is 28.5 Å². The number of halogens is 2. The second-order valence-corrected chi connectivity index (χ2v) is 9.17. The van der Waals surface area contributed by atoms with E-state index in [0.29, 0.717) is 35.6 Å². The summed E-state index contributed by atoms with van der Waals surface area (Å²) in [6, 6.07) is 6.53. The van der Waals surface area contributed by atoms with Gasteiger partial charge >= 0.3 is 6.61 Å². The van der Waals surface area contributed by atoms with Gasteiger partial charge < -0.3 is 24.6 Å². The van der Waals surface area contributed by atoms with E-state index in [2.05, 4.69) is 10.3 Å². The highest BCUT2D eigenvalue weighted by molar-refractivity contribution is 6.02. The Morgan fingerprint density at radius 1 is 1.31 bits per heavy atom. The maximum atomic E-state index is 13.2. The summed E-state index contributed by atoms with van der Waals surface area (Å²) in [5, 5.41) is 13.6. The third-order valence-electron chi connectivity index (χ3n) is 6.46. The van der Waals surface area contributed by atoms with Crippen molar-refractivity contribution in [2.24, 2.45) is 5.92 Å². The van der Waals surface area contributed by atoms with Gasteiger partial charge in [-0.05, 0) is 49.9 Å². The van der Waals surface area contributed by atoms with E-state index >= 15 is 0 Å². The first-order valence-corrected chi connectivity index (χ1v) is 11.6. The summed E-state index contributed by atoms with van der Waals surface area (Å²) < 4.78 is 44.2. The summed E-state index contributed by atoms with van der Waals surface area (Å²) in [5.74, 6) is 0.526. The fourth-order valence-electron chi connectivity index (χ4n) is 4.39. The number of ether oxygens (including phenoxy) is 3. The molecule has 2 fully saturated rings. The van der Waals surface area contributed by atoms with Gasteiger partial charge in [-0.25, -0.2) is 4.98 Å². The molecule has 1 unspecified atom stereocenters. The minimum atomic E-state index is -3.09. The summed E-state index contributed by atoms with van der Waals surface area (Å²) in [4.78, 5) is 17.3. The molecule has 1 aromatic carbocycles. The van der Waals surface area contributed by atoms with Crippen molar-refractivity contribution in [1.29, 1.82) is 0 Å². The number of β-amino-alcohol motifs (C(OH)–C–C–N with tert-alkyl or cyclic N) is 1. The van der Waals surface area contributed by atoms with E-state index in [1.54, 1.807) is 35.0 Å². The van der Waals surface area contributed by atoms with Crippen LogP contribution in [-0.4, -0.2) is 59.3 Å². The number of aliphatic hydroxyl groups is 1. The molecule has 3 heterocycles. The molecule has 8 nitrogen and oxygen atoms in total. The molecule has 0 spiro atoms. The number of ketones is 1. The van der Waals surface area contributed by atoms with Crippen LogP contribution in [0.1, 0.15) is 36.0 Å². The number of pyridine rings is 1. The summed E-state index contributed by atoms with van der Waals surface area (Å²) in [7, 11) is 1.39. The molecular weight excluding hydrogens is 460 g/mol. The highest BCUT2D eigenvalue weighted by atomic mass is 19.3. The minimum Gasteiger partial charge on any atom is -0.496 e.